The Morgan fingerprint density at radius 2 is 1.73 bits per heavy atom. The normalized spacial score (nSPS) is 17.9. The Labute approximate surface area is 194 Å². The molecule has 170 valence electrons. The van der Waals surface area contributed by atoms with Gasteiger partial charge in [-0.05, 0) is 28.8 Å². The molecule has 0 aliphatic carbocycles. The maximum absolute atomic E-state index is 13.3. The van der Waals surface area contributed by atoms with Crippen molar-refractivity contribution >= 4 is 11.8 Å². The minimum Gasteiger partial charge on any atom is -0.496 e. The quantitative estimate of drug-likeness (QED) is 0.631. The van der Waals surface area contributed by atoms with Gasteiger partial charge in [-0.25, -0.2) is 0 Å². The van der Waals surface area contributed by atoms with Gasteiger partial charge in [0.15, 0.2) is 5.60 Å². The summed E-state index contributed by atoms with van der Waals surface area (Å²) < 4.78 is 11.5. The number of methoxy groups -OCH3 is 1. The number of hydrogen-bond acceptors (Lipinski definition) is 4. The van der Waals surface area contributed by atoms with Crippen molar-refractivity contribution in [3.05, 3.63) is 90.0 Å². The van der Waals surface area contributed by atoms with Crippen molar-refractivity contribution in [3.8, 4) is 16.9 Å². The number of para-hydroxylation sites is 1. The molecule has 1 aliphatic rings. The van der Waals surface area contributed by atoms with Crippen molar-refractivity contribution in [2.45, 2.75) is 12.0 Å². The number of nitrogens with zero attached hydrogens (tertiary/aromatic N) is 1. The molecule has 0 aromatic heterocycles. The molecule has 33 heavy (non-hydrogen) atoms. The first-order valence-corrected chi connectivity index (χ1v) is 11.0. The molecule has 1 heterocycles. The first-order valence-electron chi connectivity index (χ1n) is 11.0. The summed E-state index contributed by atoms with van der Waals surface area (Å²) in [6.07, 6.45) is 0.350. The van der Waals surface area contributed by atoms with Crippen molar-refractivity contribution in [2.24, 2.45) is 0 Å². The third kappa shape index (κ3) is 4.76. The van der Waals surface area contributed by atoms with E-state index in [4.69, 9.17) is 9.47 Å². The molecule has 6 nitrogen and oxygen atoms in total. The number of amides is 2. The summed E-state index contributed by atoms with van der Waals surface area (Å²) in [5, 5.41) is 2.74. The number of carbonyl (C=O) groups excluding carboxylic acids is 2. The van der Waals surface area contributed by atoms with Gasteiger partial charge in [0.1, 0.15) is 5.75 Å². The van der Waals surface area contributed by atoms with Gasteiger partial charge in [0.05, 0.1) is 25.8 Å². The lowest BCUT2D eigenvalue weighted by molar-refractivity contribution is -0.156. The number of morpholine rings is 1. The van der Waals surface area contributed by atoms with E-state index in [0.717, 1.165) is 16.7 Å². The molecule has 0 unspecified atom stereocenters. The Morgan fingerprint density at radius 3 is 2.48 bits per heavy atom. The molecule has 1 aliphatic heterocycles. The summed E-state index contributed by atoms with van der Waals surface area (Å²) >= 11 is 0. The summed E-state index contributed by atoms with van der Waals surface area (Å²) in [4.78, 5) is 28.1. The van der Waals surface area contributed by atoms with E-state index < -0.39 is 5.60 Å². The molecule has 0 bridgehead atoms. The van der Waals surface area contributed by atoms with E-state index in [2.05, 4.69) is 23.5 Å². The third-order valence-electron chi connectivity index (χ3n) is 5.98. The minimum absolute atomic E-state index is 0.152. The average molecular weight is 445 g/mol. The molecule has 0 spiro atoms. The molecule has 1 atom stereocenters. The highest BCUT2D eigenvalue weighted by atomic mass is 16.5. The van der Waals surface area contributed by atoms with Crippen LogP contribution < -0.4 is 10.1 Å². The SMILES string of the molecule is CNC(=O)[C@@]1(Cc2cccc(-c3ccccc3)c2)CN(C(=O)c2ccccc2OC)CCO1. The van der Waals surface area contributed by atoms with Crippen LogP contribution in [0.5, 0.6) is 5.75 Å². The number of benzene rings is 3. The zero-order valence-corrected chi connectivity index (χ0v) is 18.9. The number of carbonyl (C=O) groups is 2. The maximum Gasteiger partial charge on any atom is 0.257 e. The van der Waals surface area contributed by atoms with E-state index in [1.54, 1.807) is 37.3 Å². The summed E-state index contributed by atoms with van der Waals surface area (Å²) in [6.45, 7) is 0.825. The lowest BCUT2D eigenvalue weighted by atomic mass is 9.89. The van der Waals surface area contributed by atoms with Crippen LogP contribution in [-0.4, -0.2) is 56.2 Å². The zero-order chi connectivity index (χ0) is 23.3. The van der Waals surface area contributed by atoms with Gasteiger partial charge >= 0.3 is 0 Å². The molecule has 3 aromatic carbocycles. The molecule has 2 amide bonds. The van der Waals surface area contributed by atoms with Crippen LogP contribution in [0.1, 0.15) is 15.9 Å². The predicted octanol–water partition coefficient (Wildman–Crippen LogP) is 3.56. The van der Waals surface area contributed by atoms with Gasteiger partial charge in [0, 0.05) is 20.0 Å². The van der Waals surface area contributed by atoms with Crippen LogP contribution in [-0.2, 0) is 16.0 Å². The first-order chi connectivity index (χ1) is 16.1. The van der Waals surface area contributed by atoms with Gasteiger partial charge in [-0.3, -0.25) is 9.59 Å². The monoisotopic (exact) mass is 444 g/mol. The highest BCUT2D eigenvalue weighted by Crippen LogP contribution is 2.29. The van der Waals surface area contributed by atoms with Gasteiger partial charge in [-0.15, -0.1) is 0 Å². The van der Waals surface area contributed by atoms with Crippen LogP contribution in [0.25, 0.3) is 11.1 Å². The summed E-state index contributed by atoms with van der Waals surface area (Å²) in [6, 6.07) is 25.3. The van der Waals surface area contributed by atoms with Gasteiger partial charge in [0.2, 0.25) is 0 Å². The van der Waals surface area contributed by atoms with Crippen LogP contribution in [0.4, 0.5) is 0 Å². The number of hydrogen-bond donors (Lipinski definition) is 1. The van der Waals surface area contributed by atoms with Crippen LogP contribution in [0, 0.1) is 0 Å². The molecule has 6 heteroatoms. The van der Waals surface area contributed by atoms with E-state index in [1.807, 2.05) is 42.5 Å². The van der Waals surface area contributed by atoms with Gasteiger partial charge in [-0.1, -0.05) is 66.7 Å². The van der Waals surface area contributed by atoms with Crippen molar-refractivity contribution in [3.63, 3.8) is 0 Å². The van der Waals surface area contributed by atoms with Crippen molar-refractivity contribution < 1.29 is 19.1 Å². The molecule has 4 rings (SSSR count). The molecule has 0 saturated carbocycles. The number of ether oxygens (including phenoxy) is 2. The summed E-state index contributed by atoms with van der Waals surface area (Å²) in [5.41, 5.74) is 2.43. The van der Waals surface area contributed by atoms with Crippen LogP contribution >= 0.6 is 0 Å². The van der Waals surface area contributed by atoms with Crippen LogP contribution in [0.2, 0.25) is 0 Å². The zero-order valence-electron chi connectivity index (χ0n) is 18.9. The predicted molar refractivity (Wildman–Crippen MR) is 127 cm³/mol. The topological polar surface area (TPSA) is 67.9 Å². The van der Waals surface area contributed by atoms with E-state index >= 15 is 0 Å². The Hall–Kier alpha value is -3.64. The molecule has 3 aromatic rings. The standard InChI is InChI=1S/C27H28N2O4/c1-28-26(31)27(18-20-9-8-12-22(17-20)21-10-4-3-5-11-21)19-29(15-16-33-27)25(30)23-13-6-7-14-24(23)32-2/h3-14,17H,15-16,18-19H2,1-2H3,(H,28,31)/t27-/m1/s1. The highest BCUT2D eigenvalue weighted by molar-refractivity contribution is 5.97. The Balaban J connectivity index is 1.63. The lowest BCUT2D eigenvalue weighted by Crippen LogP contribution is -2.61. The smallest absolute Gasteiger partial charge is 0.257 e. The maximum atomic E-state index is 13.3. The second-order valence-electron chi connectivity index (χ2n) is 8.09. The Kier molecular flexibility index (Phi) is 6.75. The number of nitrogens with one attached hydrogen (secondary N) is 1. The fraction of sp³-hybridized carbons (Fsp3) is 0.259. The Bertz CT molecular complexity index is 1130. The molecular formula is C27H28N2O4. The third-order valence-corrected chi connectivity index (χ3v) is 5.98. The molecule has 1 saturated heterocycles. The second kappa shape index (κ2) is 9.88. The highest BCUT2D eigenvalue weighted by Gasteiger charge is 2.45. The molecule has 1 N–H and O–H groups in total. The van der Waals surface area contributed by atoms with Crippen molar-refractivity contribution in [1.29, 1.82) is 0 Å². The second-order valence-corrected chi connectivity index (χ2v) is 8.09. The van der Waals surface area contributed by atoms with E-state index in [9.17, 15) is 9.59 Å². The fourth-order valence-corrected chi connectivity index (χ4v) is 4.32. The van der Waals surface area contributed by atoms with Gasteiger partial charge < -0.3 is 19.7 Å². The van der Waals surface area contributed by atoms with Crippen molar-refractivity contribution in [1.82, 2.24) is 10.2 Å². The molecular weight excluding hydrogens is 416 g/mol. The summed E-state index contributed by atoms with van der Waals surface area (Å²) in [5.74, 6) is 0.0855. The van der Waals surface area contributed by atoms with Gasteiger partial charge in [0.25, 0.3) is 11.8 Å². The summed E-state index contributed by atoms with van der Waals surface area (Å²) in [7, 11) is 3.13. The largest absolute Gasteiger partial charge is 0.496 e. The van der Waals surface area contributed by atoms with E-state index in [0.29, 0.717) is 24.3 Å². The van der Waals surface area contributed by atoms with Gasteiger partial charge in [-0.2, -0.15) is 0 Å². The van der Waals surface area contributed by atoms with E-state index in [1.165, 1.54) is 0 Å². The molecule has 0 radical (unpaired) electrons. The van der Waals surface area contributed by atoms with Crippen LogP contribution in [0.15, 0.2) is 78.9 Å². The number of rotatable bonds is 6. The number of likely N-dealkylation sites (N-methyl/N-ethyl adjacent to an activating group) is 1. The van der Waals surface area contributed by atoms with E-state index in [-0.39, 0.29) is 25.0 Å². The average Bonchev–Trinajstić information content (AvgIpc) is 2.88. The minimum atomic E-state index is -1.18. The van der Waals surface area contributed by atoms with Crippen LogP contribution in [0.3, 0.4) is 0 Å². The fourth-order valence-electron chi connectivity index (χ4n) is 4.32. The molecule has 1 fully saturated rings. The Morgan fingerprint density at radius 1 is 1.00 bits per heavy atom. The first kappa shape index (κ1) is 22.6. The lowest BCUT2D eigenvalue weighted by Gasteiger charge is -2.41. The van der Waals surface area contributed by atoms with Crippen molar-refractivity contribution in [2.75, 3.05) is 33.9 Å².